The van der Waals surface area contributed by atoms with E-state index in [4.69, 9.17) is 9.47 Å². The summed E-state index contributed by atoms with van der Waals surface area (Å²) in [6, 6.07) is 26.0. The summed E-state index contributed by atoms with van der Waals surface area (Å²) in [6.45, 7) is -0.488. The van der Waals surface area contributed by atoms with E-state index < -0.39 is 24.3 Å². The molecule has 4 aromatic carbocycles. The van der Waals surface area contributed by atoms with E-state index in [2.05, 4.69) is 18.2 Å². The Kier molecular flexibility index (Phi) is 5.85. The molecule has 0 spiro atoms. The van der Waals surface area contributed by atoms with E-state index in [1.54, 1.807) is 42.5 Å². The predicted octanol–water partition coefficient (Wildman–Crippen LogP) is 5.22. The van der Waals surface area contributed by atoms with E-state index in [1.165, 1.54) is 7.11 Å². The highest BCUT2D eigenvalue weighted by Crippen LogP contribution is 2.30. The number of hydrogen-bond acceptors (Lipinski definition) is 5. The number of nitrogens with zero attached hydrogens (tertiary/aromatic N) is 1. The van der Waals surface area contributed by atoms with Crippen LogP contribution in [0.3, 0.4) is 0 Å². The SMILES string of the molecule is COc1cc(C=Cc2cccc3ccccc23)ccc1OC(=O)CN1C(=O)c2ccccc2C1=O. The molecule has 0 saturated heterocycles. The number of carbonyl (C=O) groups is 3. The first-order chi connectivity index (χ1) is 17.0. The second-order valence-electron chi connectivity index (χ2n) is 8.03. The second-order valence-corrected chi connectivity index (χ2v) is 8.03. The summed E-state index contributed by atoms with van der Waals surface area (Å²) in [5, 5.41) is 2.31. The summed E-state index contributed by atoms with van der Waals surface area (Å²) in [5.41, 5.74) is 2.50. The summed E-state index contributed by atoms with van der Waals surface area (Å²) in [6.07, 6.45) is 3.97. The zero-order valence-corrected chi connectivity index (χ0v) is 18.9. The van der Waals surface area contributed by atoms with Gasteiger partial charge in [0.05, 0.1) is 18.2 Å². The summed E-state index contributed by atoms with van der Waals surface area (Å²) < 4.78 is 10.8. The van der Waals surface area contributed by atoms with Gasteiger partial charge in [-0.15, -0.1) is 0 Å². The molecule has 0 saturated carbocycles. The average molecular weight is 463 g/mol. The Morgan fingerprint density at radius 1 is 0.800 bits per heavy atom. The third kappa shape index (κ3) is 4.29. The average Bonchev–Trinajstić information content (AvgIpc) is 3.13. The maximum absolute atomic E-state index is 12.6. The van der Waals surface area contributed by atoms with Crippen molar-refractivity contribution < 1.29 is 23.9 Å². The predicted molar refractivity (Wildman–Crippen MR) is 133 cm³/mol. The minimum Gasteiger partial charge on any atom is -0.493 e. The van der Waals surface area contributed by atoms with Crippen molar-refractivity contribution in [2.45, 2.75) is 0 Å². The molecule has 0 atom stereocenters. The lowest BCUT2D eigenvalue weighted by molar-refractivity contribution is -0.134. The number of benzene rings is 4. The Balaban J connectivity index is 1.31. The first-order valence-electron chi connectivity index (χ1n) is 11.0. The van der Waals surface area contributed by atoms with Gasteiger partial charge in [-0.25, -0.2) is 4.79 Å². The number of esters is 1. The zero-order valence-electron chi connectivity index (χ0n) is 18.9. The second kappa shape index (κ2) is 9.27. The Labute approximate surface area is 202 Å². The summed E-state index contributed by atoms with van der Waals surface area (Å²) in [4.78, 5) is 38.4. The Morgan fingerprint density at radius 3 is 2.23 bits per heavy atom. The van der Waals surface area contributed by atoms with Gasteiger partial charge in [0.2, 0.25) is 0 Å². The highest BCUT2D eigenvalue weighted by atomic mass is 16.6. The first kappa shape index (κ1) is 22.1. The first-order valence-corrected chi connectivity index (χ1v) is 11.0. The maximum atomic E-state index is 12.6. The van der Waals surface area contributed by atoms with E-state index in [-0.39, 0.29) is 16.9 Å². The fourth-order valence-corrected chi connectivity index (χ4v) is 4.12. The van der Waals surface area contributed by atoms with Crippen LogP contribution in [0.25, 0.3) is 22.9 Å². The van der Waals surface area contributed by atoms with Crippen LogP contribution in [0.2, 0.25) is 0 Å². The van der Waals surface area contributed by atoms with Crippen LogP contribution in [-0.4, -0.2) is 36.3 Å². The fourth-order valence-electron chi connectivity index (χ4n) is 4.12. The molecule has 6 nitrogen and oxygen atoms in total. The molecular weight excluding hydrogens is 442 g/mol. The molecule has 1 heterocycles. The molecule has 0 aliphatic carbocycles. The normalized spacial score (nSPS) is 12.9. The van der Waals surface area contributed by atoms with Crippen LogP contribution in [0.1, 0.15) is 31.8 Å². The molecule has 0 aromatic heterocycles. The van der Waals surface area contributed by atoms with E-state index in [1.807, 2.05) is 36.4 Å². The molecule has 0 N–H and O–H groups in total. The minimum absolute atomic E-state index is 0.205. The van der Waals surface area contributed by atoms with Crippen LogP contribution in [0.5, 0.6) is 11.5 Å². The number of ether oxygens (including phenoxy) is 2. The third-order valence-corrected chi connectivity index (χ3v) is 5.86. The lowest BCUT2D eigenvalue weighted by atomic mass is 10.0. The van der Waals surface area contributed by atoms with Crippen molar-refractivity contribution in [3.63, 3.8) is 0 Å². The van der Waals surface area contributed by atoms with Crippen molar-refractivity contribution in [2.75, 3.05) is 13.7 Å². The van der Waals surface area contributed by atoms with Crippen molar-refractivity contribution in [3.05, 3.63) is 107 Å². The number of rotatable bonds is 6. The van der Waals surface area contributed by atoms with Crippen molar-refractivity contribution in [2.24, 2.45) is 0 Å². The minimum atomic E-state index is -0.739. The van der Waals surface area contributed by atoms with E-state index in [0.717, 1.165) is 26.8 Å². The smallest absolute Gasteiger partial charge is 0.331 e. The fraction of sp³-hybridized carbons (Fsp3) is 0.0690. The molecule has 1 aliphatic rings. The van der Waals surface area contributed by atoms with Gasteiger partial charge in [0.15, 0.2) is 11.5 Å². The van der Waals surface area contributed by atoms with Crippen LogP contribution in [0, 0.1) is 0 Å². The number of imide groups is 1. The third-order valence-electron chi connectivity index (χ3n) is 5.86. The van der Waals surface area contributed by atoms with Gasteiger partial charge in [0.1, 0.15) is 6.54 Å². The molecule has 0 unspecified atom stereocenters. The lowest BCUT2D eigenvalue weighted by Crippen LogP contribution is -2.36. The molecule has 1 aliphatic heterocycles. The molecule has 172 valence electrons. The number of methoxy groups -OCH3 is 1. The molecule has 5 rings (SSSR count). The van der Waals surface area contributed by atoms with Gasteiger partial charge in [-0.1, -0.05) is 72.8 Å². The van der Waals surface area contributed by atoms with E-state index in [0.29, 0.717) is 5.75 Å². The van der Waals surface area contributed by atoms with Crippen molar-refractivity contribution in [1.82, 2.24) is 4.90 Å². The molecular formula is C29H21NO5. The highest BCUT2D eigenvalue weighted by molar-refractivity contribution is 6.22. The van der Waals surface area contributed by atoms with Gasteiger partial charge < -0.3 is 9.47 Å². The molecule has 35 heavy (non-hydrogen) atoms. The van der Waals surface area contributed by atoms with Gasteiger partial charge in [-0.3, -0.25) is 14.5 Å². The molecule has 2 amide bonds. The Bertz CT molecular complexity index is 1460. The summed E-state index contributed by atoms with van der Waals surface area (Å²) in [5.74, 6) is -1.19. The van der Waals surface area contributed by atoms with Crippen LogP contribution in [0.4, 0.5) is 0 Å². The zero-order chi connectivity index (χ0) is 24.4. The van der Waals surface area contributed by atoms with Crippen LogP contribution >= 0.6 is 0 Å². The van der Waals surface area contributed by atoms with Crippen molar-refractivity contribution >= 4 is 40.7 Å². The van der Waals surface area contributed by atoms with Gasteiger partial charge >= 0.3 is 5.97 Å². The van der Waals surface area contributed by atoms with E-state index >= 15 is 0 Å². The number of amides is 2. The van der Waals surface area contributed by atoms with Crippen molar-refractivity contribution in [1.29, 1.82) is 0 Å². The standard InChI is InChI=1S/C29H21NO5/c1-34-26-17-19(13-15-21-9-6-8-20-7-2-3-10-22(20)21)14-16-25(26)35-27(31)18-30-28(32)23-11-4-5-12-24(23)29(30)33/h2-17H,18H2,1H3. The number of carbonyl (C=O) groups excluding carboxylic acids is 3. The lowest BCUT2D eigenvalue weighted by Gasteiger charge is -2.14. The van der Waals surface area contributed by atoms with Crippen molar-refractivity contribution in [3.8, 4) is 11.5 Å². The maximum Gasteiger partial charge on any atom is 0.331 e. The number of hydrogen-bond donors (Lipinski definition) is 0. The van der Waals surface area contributed by atoms with Crippen LogP contribution in [-0.2, 0) is 4.79 Å². The van der Waals surface area contributed by atoms with Gasteiger partial charge in [-0.05, 0) is 46.2 Å². The number of fused-ring (bicyclic) bond motifs is 2. The molecule has 0 bridgehead atoms. The monoisotopic (exact) mass is 463 g/mol. The van der Waals surface area contributed by atoms with Crippen LogP contribution < -0.4 is 9.47 Å². The molecule has 4 aromatic rings. The molecule has 0 fully saturated rings. The van der Waals surface area contributed by atoms with Gasteiger partial charge in [-0.2, -0.15) is 0 Å². The molecule has 6 heteroatoms. The van der Waals surface area contributed by atoms with Gasteiger partial charge in [0, 0.05) is 0 Å². The Morgan fingerprint density at radius 2 is 1.49 bits per heavy atom. The summed E-state index contributed by atoms with van der Waals surface area (Å²) >= 11 is 0. The quantitative estimate of drug-likeness (QED) is 0.170. The highest BCUT2D eigenvalue weighted by Gasteiger charge is 2.36. The summed E-state index contributed by atoms with van der Waals surface area (Å²) in [7, 11) is 1.48. The molecule has 0 radical (unpaired) electrons. The van der Waals surface area contributed by atoms with Crippen LogP contribution in [0.15, 0.2) is 84.9 Å². The van der Waals surface area contributed by atoms with E-state index in [9.17, 15) is 14.4 Å². The largest absolute Gasteiger partial charge is 0.493 e. The van der Waals surface area contributed by atoms with Gasteiger partial charge in [0.25, 0.3) is 11.8 Å². The Hall–Kier alpha value is -4.71. The topological polar surface area (TPSA) is 72.9 Å².